The molecule has 0 radical (unpaired) electrons. The zero-order chi connectivity index (χ0) is 35.7. The maximum atomic E-state index is 12.4. The van der Waals surface area contributed by atoms with Crippen LogP contribution in [0.4, 0.5) is 0 Å². The molecule has 0 saturated carbocycles. The van der Waals surface area contributed by atoms with Crippen molar-refractivity contribution in [3.63, 3.8) is 0 Å². The van der Waals surface area contributed by atoms with E-state index in [2.05, 4.69) is 19.2 Å². The van der Waals surface area contributed by atoms with Gasteiger partial charge in [0.1, 0.15) is 0 Å². The van der Waals surface area contributed by atoms with Crippen LogP contribution in [0.2, 0.25) is 0 Å². The second kappa shape index (κ2) is 41.8. The first kappa shape index (κ1) is 48.4. The predicted octanol–water partition coefficient (Wildman–Crippen LogP) is 14.1. The standard InChI is InChI=1S/C45H91NO3/c1-3-5-7-9-11-13-15-17-19-20-21-22-23-24-25-27-28-30-32-34-36-38-40-44(48)43(42-47)46-45(49)41-39-37-35-33-31-29-26-18-16-14-12-10-8-6-4-2/h43-44,47-48H,3-42H2,1-2H3,(H,46,49). The third kappa shape index (κ3) is 38.5. The number of aliphatic hydroxyl groups excluding tert-OH is 2. The Labute approximate surface area is 308 Å². The topological polar surface area (TPSA) is 69.6 Å². The van der Waals surface area contributed by atoms with Crippen LogP contribution in [0.25, 0.3) is 0 Å². The lowest BCUT2D eigenvalue weighted by atomic mass is 10.0. The van der Waals surface area contributed by atoms with E-state index in [1.165, 1.54) is 212 Å². The third-order valence-corrected chi connectivity index (χ3v) is 10.9. The van der Waals surface area contributed by atoms with E-state index >= 15 is 0 Å². The molecule has 0 aromatic rings. The summed E-state index contributed by atoms with van der Waals surface area (Å²) in [5, 5.41) is 23.2. The van der Waals surface area contributed by atoms with Crippen molar-refractivity contribution >= 4 is 5.91 Å². The summed E-state index contributed by atoms with van der Waals surface area (Å²) in [6.07, 6.45) is 50.4. The minimum absolute atomic E-state index is 0.0260. The van der Waals surface area contributed by atoms with Crippen molar-refractivity contribution in [2.24, 2.45) is 0 Å². The molecule has 2 unspecified atom stereocenters. The molecule has 0 heterocycles. The lowest BCUT2D eigenvalue weighted by Crippen LogP contribution is -2.45. The first-order valence-corrected chi connectivity index (χ1v) is 22.7. The van der Waals surface area contributed by atoms with Gasteiger partial charge in [0.25, 0.3) is 0 Å². The molecule has 0 aromatic carbocycles. The van der Waals surface area contributed by atoms with Gasteiger partial charge in [-0.3, -0.25) is 4.79 Å². The number of aliphatic hydroxyl groups is 2. The van der Waals surface area contributed by atoms with Crippen LogP contribution in [0.3, 0.4) is 0 Å². The second-order valence-corrected chi connectivity index (χ2v) is 15.8. The molecule has 0 aromatic heterocycles. The summed E-state index contributed by atoms with van der Waals surface area (Å²) >= 11 is 0. The SMILES string of the molecule is CCCCCCCCCCCCCCCCCCCCCCCCC(O)C(CO)NC(=O)CCCCCCCCCCCCCCCCC. The summed E-state index contributed by atoms with van der Waals surface area (Å²) in [6.45, 7) is 4.38. The second-order valence-electron chi connectivity index (χ2n) is 15.8. The largest absolute Gasteiger partial charge is 0.394 e. The lowest BCUT2D eigenvalue weighted by Gasteiger charge is -2.22. The van der Waals surface area contributed by atoms with Gasteiger partial charge in [-0.05, 0) is 12.8 Å². The van der Waals surface area contributed by atoms with Crippen LogP contribution < -0.4 is 5.32 Å². The van der Waals surface area contributed by atoms with Gasteiger partial charge in [-0.25, -0.2) is 0 Å². The van der Waals surface area contributed by atoms with Gasteiger partial charge in [-0.2, -0.15) is 0 Å². The summed E-state index contributed by atoms with van der Waals surface area (Å²) in [6, 6.07) is -0.529. The molecule has 0 aliphatic rings. The van der Waals surface area contributed by atoms with Crippen molar-refractivity contribution < 1.29 is 15.0 Å². The van der Waals surface area contributed by atoms with Gasteiger partial charge in [0, 0.05) is 6.42 Å². The van der Waals surface area contributed by atoms with Gasteiger partial charge < -0.3 is 15.5 Å². The lowest BCUT2D eigenvalue weighted by molar-refractivity contribution is -0.123. The fraction of sp³-hybridized carbons (Fsp3) is 0.978. The molecule has 0 rings (SSSR count). The van der Waals surface area contributed by atoms with E-state index in [9.17, 15) is 15.0 Å². The van der Waals surface area contributed by atoms with Crippen molar-refractivity contribution in [2.45, 2.75) is 276 Å². The van der Waals surface area contributed by atoms with Crippen LogP contribution in [0.1, 0.15) is 264 Å². The van der Waals surface area contributed by atoms with Gasteiger partial charge >= 0.3 is 0 Å². The molecule has 0 spiro atoms. The molecule has 0 aliphatic heterocycles. The number of amides is 1. The quantitative estimate of drug-likeness (QED) is 0.0557. The zero-order valence-electron chi connectivity index (χ0n) is 33.7. The predicted molar refractivity (Wildman–Crippen MR) is 216 cm³/mol. The molecule has 0 aliphatic carbocycles. The highest BCUT2D eigenvalue weighted by atomic mass is 16.3. The molecule has 0 bridgehead atoms. The molecule has 2 atom stereocenters. The van der Waals surface area contributed by atoms with Crippen molar-refractivity contribution in [1.82, 2.24) is 5.32 Å². The average molecular weight is 694 g/mol. The molecule has 3 N–H and O–H groups in total. The van der Waals surface area contributed by atoms with E-state index in [1.807, 2.05) is 0 Å². The fourth-order valence-corrected chi connectivity index (χ4v) is 7.36. The monoisotopic (exact) mass is 694 g/mol. The Balaban J connectivity index is 3.45. The number of hydrogen-bond acceptors (Lipinski definition) is 3. The van der Waals surface area contributed by atoms with Crippen LogP contribution in [0.5, 0.6) is 0 Å². The number of carbonyl (C=O) groups excluding carboxylic acids is 1. The third-order valence-electron chi connectivity index (χ3n) is 10.9. The first-order chi connectivity index (χ1) is 24.2. The summed E-state index contributed by atoms with van der Waals surface area (Å²) in [5.41, 5.74) is 0. The molecular weight excluding hydrogens is 602 g/mol. The normalized spacial score (nSPS) is 12.8. The Morgan fingerprint density at radius 2 is 0.653 bits per heavy atom. The van der Waals surface area contributed by atoms with Gasteiger partial charge in [0.2, 0.25) is 5.91 Å². The van der Waals surface area contributed by atoms with E-state index in [0.29, 0.717) is 12.8 Å². The minimum Gasteiger partial charge on any atom is -0.394 e. The maximum Gasteiger partial charge on any atom is 0.220 e. The van der Waals surface area contributed by atoms with Crippen molar-refractivity contribution in [1.29, 1.82) is 0 Å². The summed E-state index contributed by atoms with van der Waals surface area (Å²) < 4.78 is 0. The van der Waals surface area contributed by atoms with Gasteiger partial charge in [-0.1, -0.05) is 245 Å². The highest BCUT2D eigenvalue weighted by Gasteiger charge is 2.20. The Bertz CT molecular complexity index is 626. The van der Waals surface area contributed by atoms with Crippen molar-refractivity contribution in [3.8, 4) is 0 Å². The summed E-state index contributed by atoms with van der Waals surface area (Å²) in [7, 11) is 0. The zero-order valence-corrected chi connectivity index (χ0v) is 33.7. The highest BCUT2D eigenvalue weighted by molar-refractivity contribution is 5.76. The summed E-state index contributed by atoms with van der Waals surface area (Å²) in [5.74, 6) is -0.0260. The van der Waals surface area contributed by atoms with E-state index in [0.717, 1.165) is 25.7 Å². The van der Waals surface area contributed by atoms with Gasteiger partial charge in [0.15, 0.2) is 0 Å². The highest BCUT2D eigenvalue weighted by Crippen LogP contribution is 2.17. The molecule has 1 amide bonds. The smallest absolute Gasteiger partial charge is 0.220 e. The molecular formula is C45H91NO3. The van der Waals surface area contributed by atoms with Crippen LogP contribution in [0.15, 0.2) is 0 Å². The first-order valence-electron chi connectivity index (χ1n) is 22.7. The van der Waals surface area contributed by atoms with Gasteiger partial charge in [-0.15, -0.1) is 0 Å². The molecule has 4 nitrogen and oxygen atoms in total. The number of nitrogens with one attached hydrogen (secondary N) is 1. The number of rotatable bonds is 42. The molecule has 49 heavy (non-hydrogen) atoms. The van der Waals surface area contributed by atoms with Gasteiger partial charge in [0.05, 0.1) is 18.8 Å². The van der Waals surface area contributed by atoms with Crippen LogP contribution in [-0.2, 0) is 4.79 Å². The van der Waals surface area contributed by atoms with E-state index in [-0.39, 0.29) is 12.5 Å². The number of carbonyl (C=O) groups is 1. The molecule has 294 valence electrons. The molecule has 0 saturated heterocycles. The average Bonchev–Trinajstić information content (AvgIpc) is 3.10. The molecule has 0 fully saturated rings. The van der Waals surface area contributed by atoms with E-state index < -0.39 is 12.1 Å². The van der Waals surface area contributed by atoms with Crippen molar-refractivity contribution in [2.75, 3.05) is 6.61 Å². The van der Waals surface area contributed by atoms with Crippen LogP contribution in [-0.4, -0.2) is 34.9 Å². The number of hydrogen-bond donors (Lipinski definition) is 3. The Hall–Kier alpha value is -0.610. The Kier molecular flexibility index (Phi) is 41.3. The van der Waals surface area contributed by atoms with E-state index in [1.54, 1.807) is 0 Å². The Morgan fingerprint density at radius 3 is 0.918 bits per heavy atom. The molecule has 4 heteroatoms. The maximum absolute atomic E-state index is 12.4. The number of unbranched alkanes of at least 4 members (excludes halogenated alkanes) is 35. The Morgan fingerprint density at radius 1 is 0.408 bits per heavy atom. The van der Waals surface area contributed by atoms with Crippen molar-refractivity contribution in [3.05, 3.63) is 0 Å². The van der Waals surface area contributed by atoms with Crippen LogP contribution >= 0.6 is 0 Å². The minimum atomic E-state index is -0.653. The fourth-order valence-electron chi connectivity index (χ4n) is 7.36. The summed E-state index contributed by atoms with van der Waals surface area (Å²) in [4.78, 5) is 12.4. The van der Waals surface area contributed by atoms with E-state index in [4.69, 9.17) is 0 Å². The van der Waals surface area contributed by atoms with Crippen LogP contribution in [0, 0.1) is 0 Å².